The summed E-state index contributed by atoms with van der Waals surface area (Å²) in [5, 5.41) is 68.0. The Morgan fingerprint density at radius 1 is 0.500 bits per heavy atom. The van der Waals surface area contributed by atoms with Crippen molar-refractivity contribution < 1.29 is 45.0 Å². The number of hydrogen-bond donors (Lipinski definition) is 6. The Bertz CT molecular complexity index is 1280. The molecule has 186 valence electrons. The van der Waals surface area contributed by atoms with Crippen molar-refractivity contribution in [1.82, 2.24) is 0 Å². The maximum absolute atomic E-state index is 13.6. The third-order valence-electron chi connectivity index (χ3n) is 6.74. The van der Waals surface area contributed by atoms with E-state index in [4.69, 9.17) is 0 Å². The Balaban J connectivity index is 1.97. The van der Waals surface area contributed by atoms with Gasteiger partial charge in [0.1, 0.15) is 18.3 Å². The summed E-state index contributed by atoms with van der Waals surface area (Å²) in [5.74, 6) is -4.24. The molecule has 0 bridgehead atoms. The van der Waals surface area contributed by atoms with Gasteiger partial charge in [0.2, 0.25) is 11.6 Å². The highest BCUT2D eigenvalue weighted by Gasteiger charge is 2.78. The summed E-state index contributed by atoms with van der Waals surface area (Å²) in [6, 6.07) is 20.4. The molecule has 1 saturated carbocycles. The summed E-state index contributed by atoms with van der Waals surface area (Å²) in [5.41, 5.74) is -11.5. The maximum atomic E-state index is 13.6. The van der Waals surface area contributed by atoms with Gasteiger partial charge in [-0.2, -0.15) is 0 Å². The average molecular weight is 492 g/mol. The van der Waals surface area contributed by atoms with Gasteiger partial charge in [0, 0.05) is 16.7 Å². The Morgan fingerprint density at radius 3 is 1.22 bits per heavy atom. The van der Waals surface area contributed by atoms with Crippen molar-refractivity contribution in [2.45, 2.75) is 35.1 Å². The lowest BCUT2D eigenvalue weighted by Gasteiger charge is -2.56. The number of aliphatic hydroxyl groups is 6. The minimum atomic E-state index is -3.68. The van der Waals surface area contributed by atoms with Gasteiger partial charge >= 0.3 is 0 Å². The van der Waals surface area contributed by atoms with E-state index in [0.717, 1.165) is 0 Å². The van der Waals surface area contributed by atoms with Crippen LogP contribution in [0.3, 0.4) is 0 Å². The van der Waals surface area contributed by atoms with Gasteiger partial charge in [-0.3, -0.25) is 14.4 Å². The van der Waals surface area contributed by atoms with Crippen LogP contribution in [-0.2, 0) is 0 Å². The van der Waals surface area contributed by atoms with Crippen molar-refractivity contribution in [2.24, 2.45) is 0 Å². The second-order valence-electron chi connectivity index (χ2n) is 8.74. The molecule has 0 saturated heterocycles. The van der Waals surface area contributed by atoms with Gasteiger partial charge in [-0.25, -0.2) is 0 Å². The van der Waals surface area contributed by atoms with Crippen LogP contribution in [0, 0.1) is 0 Å². The van der Waals surface area contributed by atoms with E-state index in [1.807, 2.05) is 0 Å². The molecule has 0 amide bonds. The zero-order valence-electron chi connectivity index (χ0n) is 18.8. The second-order valence-corrected chi connectivity index (χ2v) is 8.74. The first-order chi connectivity index (χ1) is 17.0. The fourth-order valence-electron chi connectivity index (χ4n) is 4.69. The minimum Gasteiger partial charge on any atom is -0.387 e. The monoisotopic (exact) mass is 492 g/mol. The first-order valence-electron chi connectivity index (χ1n) is 11.0. The Hall–Kier alpha value is -3.57. The molecule has 36 heavy (non-hydrogen) atoms. The van der Waals surface area contributed by atoms with Crippen LogP contribution >= 0.6 is 0 Å². The lowest BCUT2D eigenvalue weighted by Crippen LogP contribution is -2.87. The molecule has 6 N–H and O–H groups in total. The standard InChI is InChI=1S/C27H24O9/c28-19(16-10-4-1-5-11-16)25(34)22(31)23(32)26(35,20(29)17-12-6-2-7-13-17)27(36,24(25)33)21(30)18-14-8-3-9-15-18/h1-15,22-24,31-36H/t22-,23+,24+,25+,26+,27-/m1/s1. The van der Waals surface area contributed by atoms with E-state index in [2.05, 4.69) is 0 Å². The molecule has 0 aliphatic heterocycles. The molecular formula is C27H24O9. The number of rotatable bonds is 6. The minimum absolute atomic E-state index is 0.236. The first kappa shape index (κ1) is 25.5. The molecule has 1 aliphatic carbocycles. The molecular weight excluding hydrogens is 468 g/mol. The SMILES string of the molecule is O=C(c1ccccc1)[C@]1(O)[C@H](O)[C@H](O)[C@@](O)(C(=O)c2ccccc2)[C@@](O)(C(=O)c2ccccc2)[C@H]1O. The molecule has 0 aromatic heterocycles. The van der Waals surface area contributed by atoms with E-state index < -0.39 is 52.5 Å². The van der Waals surface area contributed by atoms with Gasteiger partial charge in [0.05, 0.1) is 0 Å². The van der Waals surface area contributed by atoms with Crippen LogP contribution in [0.5, 0.6) is 0 Å². The smallest absolute Gasteiger partial charge is 0.200 e. The molecule has 0 spiro atoms. The quantitative estimate of drug-likeness (QED) is 0.258. The van der Waals surface area contributed by atoms with Crippen molar-refractivity contribution in [2.75, 3.05) is 0 Å². The van der Waals surface area contributed by atoms with Crippen LogP contribution in [0.4, 0.5) is 0 Å². The van der Waals surface area contributed by atoms with Crippen LogP contribution in [0.1, 0.15) is 31.1 Å². The number of ketones is 3. The van der Waals surface area contributed by atoms with Gasteiger partial charge in [-0.05, 0) is 0 Å². The van der Waals surface area contributed by atoms with Crippen molar-refractivity contribution >= 4 is 17.3 Å². The van der Waals surface area contributed by atoms with Crippen LogP contribution < -0.4 is 0 Å². The summed E-state index contributed by atoms with van der Waals surface area (Å²) in [4.78, 5) is 40.5. The van der Waals surface area contributed by atoms with E-state index in [0.29, 0.717) is 0 Å². The van der Waals surface area contributed by atoms with Crippen LogP contribution in [0.2, 0.25) is 0 Å². The normalized spacial score (nSPS) is 32.0. The van der Waals surface area contributed by atoms with E-state index in [1.165, 1.54) is 78.9 Å². The predicted octanol–water partition coefficient (Wildman–Crippen LogP) is -0.0753. The highest BCUT2D eigenvalue weighted by atomic mass is 16.5. The topological polar surface area (TPSA) is 173 Å². The van der Waals surface area contributed by atoms with Crippen LogP contribution in [-0.4, -0.2) is 83.1 Å². The molecule has 1 fully saturated rings. The van der Waals surface area contributed by atoms with Crippen molar-refractivity contribution in [1.29, 1.82) is 0 Å². The Kier molecular flexibility index (Phi) is 6.48. The Morgan fingerprint density at radius 2 is 0.833 bits per heavy atom. The molecule has 9 nitrogen and oxygen atoms in total. The van der Waals surface area contributed by atoms with Crippen LogP contribution in [0.25, 0.3) is 0 Å². The number of carbonyl (C=O) groups is 3. The number of Topliss-reactive ketones (excluding diaryl/α,β-unsaturated/α-hetero) is 3. The third-order valence-corrected chi connectivity index (χ3v) is 6.74. The van der Waals surface area contributed by atoms with Gasteiger partial charge < -0.3 is 30.6 Å². The molecule has 0 unspecified atom stereocenters. The second kappa shape index (κ2) is 9.14. The summed E-state index contributed by atoms with van der Waals surface area (Å²) in [7, 11) is 0. The lowest BCUT2D eigenvalue weighted by molar-refractivity contribution is -0.293. The average Bonchev–Trinajstić information content (AvgIpc) is 2.94. The van der Waals surface area contributed by atoms with E-state index in [-0.39, 0.29) is 16.7 Å². The van der Waals surface area contributed by atoms with Crippen molar-refractivity contribution in [3.8, 4) is 0 Å². The number of hydrogen-bond acceptors (Lipinski definition) is 9. The summed E-state index contributed by atoms with van der Waals surface area (Å²) in [6.45, 7) is 0. The number of aliphatic hydroxyl groups excluding tert-OH is 3. The highest BCUT2D eigenvalue weighted by molar-refractivity contribution is 6.15. The zero-order chi connectivity index (χ0) is 26.3. The molecule has 3 aromatic rings. The van der Waals surface area contributed by atoms with Crippen molar-refractivity contribution in [3.05, 3.63) is 108 Å². The van der Waals surface area contributed by atoms with Gasteiger partial charge in [-0.15, -0.1) is 0 Å². The van der Waals surface area contributed by atoms with Crippen molar-refractivity contribution in [3.63, 3.8) is 0 Å². The fourth-order valence-corrected chi connectivity index (χ4v) is 4.69. The lowest BCUT2D eigenvalue weighted by atomic mass is 9.55. The number of benzene rings is 3. The summed E-state index contributed by atoms with van der Waals surface area (Å²) in [6.07, 6.45) is -8.44. The molecule has 9 heteroatoms. The van der Waals surface area contributed by atoms with Gasteiger partial charge in [0.15, 0.2) is 22.6 Å². The third kappa shape index (κ3) is 3.45. The summed E-state index contributed by atoms with van der Waals surface area (Å²) >= 11 is 0. The van der Waals surface area contributed by atoms with Gasteiger partial charge in [0.25, 0.3) is 0 Å². The molecule has 6 atom stereocenters. The van der Waals surface area contributed by atoms with E-state index in [1.54, 1.807) is 12.1 Å². The maximum Gasteiger partial charge on any atom is 0.200 e. The van der Waals surface area contributed by atoms with E-state index >= 15 is 0 Å². The molecule has 0 heterocycles. The molecule has 4 rings (SSSR count). The number of carbonyl (C=O) groups excluding carboxylic acids is 3. The van der Waals surface area contributed by atoms with Gasteiger partial charge in [-0.1, -0.05) is 91.0 Å². The van der Waals surface area contributed by atoms with E-state index in [9.17, 15) is 45.0 Å². The largest absolute Gasteiger partial charge is 0.387 e. The Labute approximate surface area is 205 Å². The fraction of sp³-hybridized carbons (Fsp3) is 0.222. The highest BCUT2D eigenvalue weighted by Crippen LogP contribution is 2.47. The van der Waals surface area contributed by atoms with Crippen LogP contribution in [0.15, 0.2) is 91.0 Å². The molecule has 1 aliphatic rings. The first-order valence-corrected chi connectivity index (χ1v) is 11.0. The summed E-state index contributed by atoms with van der Waals surface area (Å²) < 4.78 is 0. The molecule has 0 radical (unpaired) electrons. The predicted molar refractivity (Wildman–Crippen MR) is 125 cm³/mol. The molecule has 3 aromatic carbocycles. The zero-order valence-corrected chi connectivity index (χ0v) is 18.8.